The fourth-order valence-corrected chi connectivity index (χ4v) is 3.77. The molecule has 2 aromatic carbocycles. The molecule has 0 spiro atoms. The molecule has 7 heteroatoms. The Balaban J connectivity index is 2.00. The van der Waals surface area contributed by atoms with Crippen molar-refractivity contribution in [2.45, 2.75) is 39.7 Å². The van der Waals surface area contributed by atoms with Gasteiger partial charge in [0.1, 0.15) is 11.3 Å². The van der Waals surface area contributed by atoms with Crippen LogP contribution in [-0.2, 0) is 9.59 Å². The second kappa shape index (κ2) is 10.1. The van der Waals surface area contributed by atoms with Crippen molar-refractivity contribution in [3.8, 4) is 5.75 Å². The van der Waals surface area contributed by atoms with Gasteiger partial charge in [-0.05, 0) is 67.9 Å². The monoisotopic (exact) mass is 456 g/mol. The third-order valence-electron chi connectivity index (χ3n) is 4.96. The highest BCUT2D eigenvalue weighted by Gasteiger charge is 2.39. The van der Waals surface area contributed by atoms with E-state index in [-0.39, 0.29) is 16.8 Å². The maximum Gasteiger partial charge on any atom is 0.270 e. The van der Waals surface area contributed by atoms with Crippen LogP contribution in [0.1, 0.15) is 39.2 Å². The lowest BCUT2D eigenvalue weighted by Crippen LogP contribution is -2.56. The molecule has 0 unspecified atom stereocenters. The van der Waals surface area contributed by atoms with Crippen molar-refractivity contribution in [2.75, 3.05) is 11.4 Å². The van der Waals surface area contributed by atoms with Crippen molar-refractivity contribution in [3.05, 3.63) is 64.7 Å². The number of carbonyl (C=O) groups is 2. The summed E-state index contributed by atoms with van der Waals surface area (Å²) >= 11 is 11.9. The summed E-state index contributed by atoms with van der Waals surface area (Å²) in [5.41, 5.74) is 1.29. The minimum atomic E-state index is -0.454. The molecule has 0 bridgehead atoms. The Bertz CT molecular complexity index is 1020. The molecule has 0 aromatic heterocycles. The van der Waals surface area contributed by atoms with Gasteiger partial charge in [0.05, 0.1) is 16.8 Å². The van der Waals surface area contributed by atoms with Gasteiger partial charge in [-0.15, -0.1) is 0 Å². The minimum Gasteiger partial charge on any atom is -0.489 e. The number of anilines is 1. The molecule has 1 atom stereocenters. The molecular weight excluding hydrogens is 432 g/mol. The summed E-state index contributed by atoms with van der Waals surface area (Å²) in [6.07, 6.45) is 3.16. The Kier molecular flexibility index (Phi) is 7.46. The molecule has 162 valence electrons. The molecule has 3 rings (SSSR count). The van der Waals surface area contributed by atoms with Crippen molar-refractivity contribution in [1.82, 2.24) is 4.90 Å². The van der Waals surface area contributed by atoms with Gasteiger partial charge in [-0.2, -0.15) is 0 Å². The second-order valence-corrected chi connectivity index (χ2v) is 8.07. The normalized spacial score (nSPS) is 16.8. The quantitative estimate of drug-likeness (QED) is 0.315. The molecule has 1 aliphatic rings. The van der Waals surface area contributed by atoms with E-state index in [2.05, 4.69) is 0 Å². The SMILES string of the molecule is CCCN1C(=O)/C(=C\c2ccc(O[C@H](C)CC)c(Cl)c2)C(=O)N(c2ccccc2)C1=S. The van der Waals surface area contributed by atoms with Gasteiger partial charge in [0.2, 0.25) is 0 Å². The van der Waals surface area contributed by atoms with Gasteiger partial charge in [-0.3, -0.25) is 19.4 Å². The lowest BCUT2D eigenvalue weighted by molar-refractivity contribution is -0.127. The molecule has 0 aliphatic carbocycles. The summed E-state index contributed by atoms with van der Waals surface area (Å²) in [7, 11) is 0. The number of ether oxygens (including phenoxy) is 1. The molecule has 0 N–H and O–H groups in total. The number of rotatable bonds is 7. The molecule has 5 nitrogen and oxygen atoms in total. The largest absolute Gasteiger partial charge is 0.489 e. The van der Waals surface area contributed by atoms with Crippen LogP contribution >= 0.6 is 23.8 Å². The van der Waals surface area contributed by atoms with Crippen LogP contribution in [0.5, 0.6) is 5.75 Å². The van der Waals surface area contributed by atoms with E-state index in [4.69, 9.17) is 28.6 Å². The van der Waals surface area contributed by atoms with Crippen LogP contribution in [-0.4, -0.2) is 34.5 Å². The molecule has 1 saturated heterocycles. The van der Waals surface area contributed by atoms with E-state index >= 15 is 0 Å². The fraction of sp³-hybridized carbons (Fsp3) is 0.292. The van der Waals surface area contributed by atoms with Gasteiger partial charge in [0.25, 0.3) is 11.8 Å². The molecule has 2 aromatic rings. The van der Waals surface area contributed by atoms with Crippen LogP contribution in [0.3, 0.4) is 0 Å². The summed E-state index contributed by atoms with van der Waals surface area (Å²) in [4.78, 5) is 29.3. The van der Waals surface area contributed by atoms with Crippen LogP contribution in [0.2, 0.25) is 5.02 Å². The first kappa shape index (κ1) is 23.0. The summed E-state index contributed by atoms with van der Waals surface area (Å²) in [5, 5.41) is 0.613. The van der Waals surface area contributed by atoms with E-state index in [1.807, 2.05) is 39.0 Å². The van der Waals surface area contributed by atoms with E-state index in [0.29, 0.717) is 35.0 Å². The van der Waals surface area contributed by atoms with E-state index in [0.717, 1.165) is 6.42 Å². The minimum absolute atomic E-state index is 0.0336. The number of nitrogens with zero attached hydrogens (tertiary/aromatic N) is 2. The summed E-state index contributed by atoms with van der Waals surface area (Å²) < 4.78 is 5.80. The van der Waals surface area contributed by atoms with Gasteiger partial charge >= 0.3 is 0 Å². The molecule has 1 aliphatic heterocycles. The van der Waals surface area contributed by atoms with E-state index in [1.165, 1.54) is 9.80 Å². The molecule has 0 saturated carbocycles. The maximum atomic E-state index is 13.3. The standard InChI is InChI=1S/C24H25ClN2O3S/c1-4-13-26-22(28)19(23(29)27(24(26)31)18-9-7-6-8-10-18)14-17-11-12-21(20(25)15-17)30-16(3)5-2/h6-12,14-16H,4-5,13H2,1-3H3/b19-14+/t16-/m1/s1. The number of hydrogen-bond acceptors (Lipinski definition) is 4. The van der Waals surface area contributed by atoms with E-state index in [9.17, 15) is 9.59 Å². The van der Waals surface area contributed by atoms with Gasteiger partial charge < -0.3 is 4.74 Å². The first-order chi connectivity index (χ1) is 14.9. The molecule has 31 heavy (non-hydrogen) atoms. The zero-order valence-corrected chi connectivity index (χ0v) is 19.4. The maximum absolute atomic E-state index is 13.3. The summed E-state index contributed by atoms with van der Waals surface area (Å²) in [5.74, 6) is -0.288. The van der Waals surface area contributed by atoms with Crippen molar-refractivity contribution in [2.24, 2.45) is 0 Å². The van der Waals surface area contributed by atoms with Crippen molar-refractivity contribution >= 4 is 52.5 Å². The predicted octanol–water partition coefficient (Wildman–Crippen LogP) is 5.47. The Morgan fingerprint density at radius 1 is 1.10 bits per heavy atom. The lowest BCUT2D eigenvalue weighted by atomic mass is 10.1. The summed E-state index contributed by atoms with van der Waals surface area (Å²) in [6, 6.07) is 14.3. The molecular formula is C24H25ClN2O3S. The number of benzene rings is 2. The number of amides is 2. The number of thiocarbonyl (C=S) groups is 1. The highest BCUT2D eigenvalue weighted by Crippen LogP contribution is 2.30. The van der Waals surface area contributed by atoms with Gasteiger partial charge in [-0.25, -0.2) is 0 Å². The Hall–Kier alpha value is -2.70. The first-order valence-electron chi connectivity index (χ1n) is 10.3. The van der Waals surface area contributed by atoms with Gasteiger partial charge in [0, 0.05) is 6.54 Å². The Labute approximate surface area is 193 Å². The van der Waals surface area contributed by atoms with Crippen LogP contribution in [0.25, 0.3) is 6.08 Å². The van der Waals surface area contributed by atoms with E-state index < -0.39 is 11.8 Å². The third-order valence-corrected chi connectivity index (χ3v) is 5.66. The first-order valence-corrected chi connectivity index (χ1v) is 11.1. The van der Waals surface area contributed by atoms with Crippen LogP contribution in [0.4, 0.5) is 5.69 Å². The zero-order chi connectivity index (χ0) is 22.5. The Morgan fingerprint density at radius 2 is 1.81 bits per heavy atom. The number of para-hydroxylation sites is 1. The highest BCUT2D eigenvalue weighted by molar-refractivity contribution is 7.80. The Morgan fingerprint density at radius 3 is 2.42 bits per heavy atom. The molecule has 0 radical (unpaired) electrons. The average Bonchev–Trinajstić information content (AvgIpc) is 2.76. The van der Waals surface area contributed by atoms with E-state index in [1.54, 1.807) is 36.4 Å². The highest BCUT2D eigenvalue weighted by atomic mass is 35.5. The van der Waals surface area contributed by atoms with Crippen LogP contribution in [0.15, 0.2) is 54.1 Å². The topological polar surface area (TPSA) is 49.9 Å². The third kappa shape index (κ3) is 4.97. The fourth-order valence-electron chi connectivity index (χ4n) is 3.17. The predicted molar refractivity (Wildman–Crippen MR) is 128 cm³/mol. The van der Waals surface area contributed by atoms with Crippen LogP contribution in [0, 0.1) is 0 Å². The van der Waals surface area contributed by atoms with Crippen molar-refractivity contribution in [3.63, 3.8) is 0 Å². The molecule has 2 amide bonds. The van der Waals surface area contributed by atoms with Crippen molar-refractivity contribution < 1.29 is 14.3 Å². The van der Waals surface area contributed by atoms with Gasteiger partial charge in [-0.1, -0.05) is 49.7 Å². The number of hydrogen-bond donors (Lipinski definition) is 0. The van der Waals surface area contributed by atoms with Crippen LogP contribution < -0.4 is 9.64 Å². The second-order valence-electron chi connectivity index (χ2n) is 7.30. The molecule has 1 heterocycles. The number of halogens is 1. The average molecular weight is 457 g/mol. The van der Waals surface area contributed by atoms with Crippen molar-refractivity contribution in [1.29, 1.82) is 0 Å². The zero-order valence-electron chi connectivity index (χ0n) is 17.8. The van der Waals surface area contributed by atoms with Gasteiger partial charge in [0.15, 0.2) is 5.11 Å². The summed E-state index contributed by atoms with van der Waals surface area (Å²) in [6.45, 7) is 6.38. The lowest BCUT2D eigenvalue weighted by Gasteiger charge is -2.36. The smallest absolute Gasteiger partial charge is 0.270 e. The molecule has 1 fully saturated rings. The number of carbonyl (C=O) groups excluding carboxylic acids is 2.